The molecule has 0 amide bonds. The Hall–Kier alpha value is -2.62. The number of fused-ring (bicyclic) bond motifs is 1. The van der Waals surface area contributed by atoms with Crippen LogP contribution in [-0.4, -0.2) is 57.7 Å². The van der Waals surface area contributed by atoms with Crippen molar-refractivity contribution in [2.24, 2.45) is 4.99 Å². The summed E-state index contributed by atoms with van der Waals surface area (Å²) in [6.45, 7) is 12.1. The number of nitrogens with zero attached hydrogens (tertiary/aromatic N) is 3. The van der Waals surface area contributed by atoms with Crippen LogP contribution in [0.4, 0.5) is 0 Å². The molecule has 32 heavy (non-hydrogen) atoms. The first-order valence-electron chi connectivity index (χ1n) is 11.5. The molecule has 0 unspecified atom stereocenters. The molecule has 0 atom stereocenters. The number of benzene rings is 1. The highest BCUT2D eigenvalue weighted by Crippen LogP contribution is 2.32. The van der Waals surface area contributed by atoms with Crippen molar-refractivity contribution in [2.75, 3.05) is 46.9 Å². The molecule has 0 fully saturated rings. The zero-order valence-electron chi connectivity index (χ0n) is 20.6. The molecule has 1 aliphatic rings. The normalized spacial score (nSPS) is 19.2. The fourth-order valence-electron chi connectivity index (χ4n) is 3.97. The Morgan fingerprint density at radius 2 is 2.16 bits per heavy atom. The summed E-state index contributed by atoms with van der Waals surface area (Å²) in [6, 6.07) is 11.0. The van der Waals surface area contributed by atoms with E-state index < -0.39 is 0 Å². The number of amidine groups is 1. The molecule has 0 aliphatic carbocycles. The summed E-state index contributed by atoms with van der Waals surface area (Å²) in [6.07, 6.45) is 3.59. The number of rotatable bonds is 8. The lowest BCUT2D eigenvalue weighted by molar-refractivity contribution is 0.200. The highest BCUT2D eigenvalue weighted by Gasteiger charge is 2.25. The number of methoxy groups -OCH3 is 1. The van der Waals surface area contributed by atoms with Gasteiger partial charge in [-0.05, 0) is 36.8 Å². The van der Waals surface area contributed by atoms with Crippen LogP contribution in [0.5, 0.6) is 0 Å². The Labute approximate surface area is 195 Å². The number of hydrogen-bond donors (Lipinski definition) is 2. The van der Waals surface area contributed by atoms with Gasteiger partial charge >= 0.3 is 0 Å². The average molecular weight is 440 g/mol. The molecule has 1 aromatic rings. The molecule has 6 nitrogen and oxygen atoms in total. The van der Waals surface area contributed by atoms with Crippen LogP contribution in [0, 0.1) is 11.3 Å². The number of nitriles is 1. The highest BCUT2D eigenvalue weighted by molar-refractivity contribution is 5.99. The Bertz CT molecular complexity index is 898. The standard InChI is InChI=1S/C26H39N5O.H2/c1-7-24(31(5)8-2)25-29-14-13-26(3,4)22-12-10-9-11-20(22)17-21(18-27)23(30-25)19-28-15-16-32-6;/h7,9-12,28H,8,13-17,19H2,1-6H3,(H,29,30);1H/b23-21+,24-7-;. The number of likely N-dealkylation sites (N-methyl/N-ethyl adjacent to an activating group) is 1. The third-order valence-electron chi connectivity index (χ3n) is 6.08. The van der Waals surface area contributed by atoms with Crippen molar-refractivity contribution in [1.29, 1.82) is 5.26 Å². The third kappa shape index (κ3) is 6.69. The number of hydrogen-bond acceptors (Lipinski definition) is 6. The van der Waals surface area contributed by atoms with Crippen LogP contribution in [0.3, 0.4) is 0 Å². The van der Waals surface area contributed by atoms with E-state index in [1.54, 1.807) is 7.11 Å². The lowest BCUT2D eigenvalue weighted by atomic mass is 9.78. The molecule has 1 aromatic carbocycles. The molecule has 1 aliphatic heterocycles. The van der Waals surface area contributed by atoms with Crippen molar-refractivity contribution in [2.45, 2.75) is 46.0 Å². The lowest BCUT2D eigenvalue weighted by Crippen LogP contribution is -2.37. The second kappa shape index (κ2) is 12.4. The van der Waals surface area contributed by atoms with E-state index in [-0.39, 0.29) is 6.84 Å². The van der Waals surface area contributed by atoms with Gasteiger partial charge < -0.3 is 20.3 Å². The van der Waals surface area contributed by atoms with Crippen LogP contribution in [0.15, 0.2) is 52.3 Å². The summed E-state index contributed by atoms with van der Waals surface area (Å²) in [5.74, 6) is 0.815. The summed E-state index contributed by atoms with van der Waals surface area (Å²) in [4.78, 5) is 7.17. The molecule has 0 radical (unpaired) electrons. The summed E-state index contributed by atoms with van der Waals surface area (Å²) in [7, 11) is 3.76. The van der Waals surface area contributed by atoms with Crippen molar-refractivity contribution in [1.82, 2.24) is 15.5 Å². The van der Waals surface area contributed by atoms with Gasteiger partial charge in [0.25, 0.3) is 0 Å². The Kier molecular flexibility index (Phi) is 9.96. The number of ether oxygens (including phenoxy) is 1. The van der Waals surface area contributed by atoms with Crippen molar-refractivity contribution in [3.05, 3.63) is 58.4 Å². The predicted molar refractivity (Wildman–Crippen MR) is 135 cm³/mol. The topological polar surface area (TPSA) is 72.7 Å². The second-order valence-corrected chi connectivity index (χ2v) is 8.75. The zero-order chi connectivity index (χ0) is 23.6. The molecule has 2 rings (SSSR count). The van der Waals surface area contributed by atoms with Crippen LogP contribution in [0.2, 0.25) is 0 Å². The predicted octanol–water partition coefficient (Wildman–Crippen LogP) is 4.01. The minimum atomic E-state index is -0.0419. The maximum Gasteiger partial charge on any atom is 0.148 e. The summed E-state index contributed by atoms with van der Waals surface area (Å²) >= 11 is 0. The van der Waals surface area contributed by atoms with Crippen molar-refractivity contribution < 1.29 is 6.16 Å². The molecule has 2 N–H and O–H groups in total. The van der Waals surface area contributed by atoms with Gasteiger partial charge in [-0.15, -0.1) is 0 Å². The van der Waals surface area contributed by atoms with E-state index in [0.717, 1.165) is 35.8 Å². The lowest BCUT2D eigenvalue weighted by Gasteiger charge is -2.27. The molecule has 0 saturated carbocycles. The minimum Gasteiger partial charge on any atom is -0.383 e. The van der Waals surface area contributed by atoms with Gasteiger partial charge in [-0.3, -0.25) is 4.99 Å². The summed E-state index contributed by atoms with van der Waals surface area (Å²) < 4.78 is 5.17. The van der Waals surface area contributed by atoms with Crippen molar-refractivity contribution in [3.63, 3.8) is 0 Å². The molecule has 6 heteroatoms. The van der Waals surface area contributed by atoms with Gasteiger partial charge in [-0.1, -0.05) is 44.2 Å². The van der Waals surface area contributed by atoms with Gasteiger partial charge in [-0.25, -0.2) is 0 Å². The Balaban J connectivity index is 0.00000544. The molecule has 176 valence electrons. The fraction of sp³-hybridized carbons (Fsp3) is 0.538. The Morgan fingerprint density at radius 3 is 2.81 bits per heavy atom. The van der Waals surface area contributed by atoms with Gasteiger partial charge in [0.2, 0.25) is 0 Å². The van der Waals surface area contributed by atoms with Crippen LogP contribution in [0.25, 0.3) is 0 Å². The fourth-order valence-corrected chi connectivity index (χ4v) is 3.97. The summed E-state index contributed by atoms with van der Waals surface area (Å²) in [5.41, 5.74) is 5.07. The van der Waals surface area contributed by atoms with E-state index in [0.29, 0.717) is 32.7 Å². The largest absolute Gasteiger partial charge is 0.383 e. The first-order valence-corrected chi connectivity index (χ1v) is 11.5. The Morgan fingerprint density at radius 1 is 1.41 bits per heavy atom. The zero-order valence-corrected chi connectivity index (χ0v) is 20.6. The van der Waals surface area contributed by atoms with Crippen LogP contribution in [0.1, 0.15) is 46.7 Å². The first kappa shape index (κ1) is 25.6. The molecular weight excluding hydrogens is 398 g/mol. The van der Waals surface area contributed by atoms with Gasteiger partial charge in [-0.2, -0.15) is 5.26 Å². The smallest absolute Gasteiger partial charge is 0.148 e. The maximum atomic E-state index is 10.1. The third-order valence-corrected chi connectivity index (χ3v) is 6.08. The average Bonchev–Trinajstić information content (AvgIpc) is 2.80. The number of nitrogens with one attached hydrogen (secondary N) is 2. The number of aliphatic imine (C=N–C) groups is 1. The molecule has 1 heterocycles. The van der Waals surface area contributed by atoms with E-state index in [4.69, 9.17) is 9.73 Å². The van der Waals surface area contributed by atoms with Crippen molar-refractivity contribution >= 4 is 5.84 Å². The number of allylic oxidation sites excluding steroid dienone is 2. The van der Waals surface area contributed by atoms with Crippen LogP contribution < -0.4 is 10.6 Å². The quantitative estimate of drug-likeness (QED) is 0.599. The molecule has 0 spiro atoms. The van der Waals surface area contributed by atoms with Gasteiger partial charge in [0.05, 0.1) is 23.9 Å². The molecule has 0 saturated heterocycles. The van der Waals surface area contributed by atoms with Gasteiger partial charge in [0, 0.05) is 53.9 Å². The van der Waals surface area contributed by atoms with E-state index in [9.17, 15) is 5.26 Å². The maximum absolute atomic E-state index is 10.1. The molecular formula is C26H41N5O. The molecule has 0 bridgehead atoms. The second-order valence-electron chi connectivity index (χ2n) is 8.75. The summed E-state index contributed by atoms with van der Waals surface area (Å²) in [5, 5.41) is 17.1. The van der Waals surface area contributed by atoms with E-state index in [2.05, 4.69) is 79.8 Å². The highest BCUT2D eigenvalue weighted by atomic mass is 16.5. The SMILES string of the molecule is C/C=C(/C1=NCCC(C)(C)c2ccccc2C/C(C#N)=C(/CNCCOC)N1)N(C)CC.[HH]. The van der Waals surface area contributed by atoms with Crippen LogP contribution >= 0.6 is 0 Å². The minimum absolute atomic E-state index is 0. The van der Waals surface area contributed by atoms with Gasteiger partial charge in [0.15, 0.2) is 0 Å². The van der Waals surface area contributed by atoms with E-state index in [1.807, 2.05) is 6.92 Å². The van der Waals surface area contributed by atoms with Crippen molar-refractivity contribution in [3.8, 4) is 6.07 Å². The van der Waals surface area contributed by atoms with E-state index in [1.165, 1.54) is 11.1 Å². The monoisotopic (exact) mass is 439 g/mol. The molecule has 0 aromatic heterocycles. The van der Waals surface area contributed by atoms with Gasteiger partial charge in [0.1, 0.15) is 5.84 Å². The van der Waals surface area contributed by atoms with Crippen LogP contribution in [-0.2, 0) is 16.6 Å². The van der Waals surface area contributed by atoms with E-state index >= 15 is 0 Å². The first-order chi connectivity index (χ1) is 15.4.